The van der Waals surface area contributed by atoms with Crippen molar-refractivity contribution in [1.82, 2.24) is 19.5 Å². The fraction of sp³-hybridized carbons (Fsp3) is 0.130. The molecular weight excluding hydrogens is 392 g/mol. The van der Waals surface area contributed by atoms with E-state index in [0.717, 1.165) is 12.1 Å². The number of urea groups is 1. The summed E-state index contributed by atoms with van der Waals surface area (Å²) in [6.07, 6.45) is 6.10. The second-order valence-electron chi connectivity index (χ2n) is 6.84. The quantitative estimate of drug-likeness (QED) is 0.465. The van der Waals surface area contributed by atoms with Crippen molar-refractivity contribution in [3.8, 4) is 17.4 Å². The normalized spacial score (nSPS) is 10.5. The van der Waals surface area contributed by atoms with E-state index in [1.807, 2.05) is 24.3 Å². The molecule has 8 nitrogen and oxygen atoms in total. The standard InChI is InChI=1S/C23H22N6O2/c1-3-17-4-6-18(7-5-17)27-23(30)28-19-8-10-20(11-9-19)31-22-14-21(25-16(2)26-22)29-13-12-24-15-29/h4-15H,3H2,1-2H3,(H2,27,28,30). The third kappa shape index (κ3) is 5.24. The zero-order valence-electron chi connectivity index (χ0n) is 17.2. The third-order valence-electron chi connectivity index (χ3n) is 4.52. The predicted molar refractivity (Wildman–Crippen MR) is 119 cm³/mol. The lowest BCUT2D eigenvalue weighted by molar-refractivity contribution is 0.262. The lowest BCUT2D eigenvalue weighted by Gasteiger charge is -2.10. The van der Waals surface area contributed by atoms with Crippen molar-refractivity contribution in [3.05, 3.63) is 84.7 Å². The molecule has 0 radical (unpaired) electrons. The molecule has 156 valence electrons. The van der Waals surface area contributed by atoms with Crippen LogP contribution < -0.4 is 15.4 Å². The number of aromatic nitrogens is 4. The fourth-order valence-electron chi connectivity index (χ4n) is 2.95. The number of nitrogens with one attached hydrogen (secondary N) is 2. The van der Waals surface area contributed by atoms with Crippen LogP contribution >= 0.6 is 0 Å². The van der Waals surface area contributed by atoms with Crippen molar-refractivity contribution in [2.45, 2.75) is 20.3 Å². The van der Waals surface area contributed by atoms with Crippen LogP contribution in [0, 0.1) is 6.92 Å². The highest BCUT2D eigenvalue weighted by Crippen LogP contribution is 2.23. The minimum absolute atomic E-state index is 0.311. The molecule has 0 unspecified atom stereocenters. The van der Waals surface area contributed by atoms with Gasteiger partial charge in [0.1, 0.15) is 23.7 Å². The first kappa shape index (κ1) is 20.1. The number of imidazole rings is 1. The molecule has 2 N–H and O–H groups in total. The highest BCUT2D eigenvalue weighted by molar-refractivity contribution is 5.99. The molecule has 2 aromatic heterocycles. The first-order chi connectivity index (χ1) is 15.1. The third-order valence-corrected chi connectivity index (χ3v) is 4.52. The van der Waals surface area contributed by atoms with E-state index in [2.05, 4.69) is 32.5 Å². The number of amides is 2. The van der Waals surface area contributed by atoms with Crippen molar-refractivity contribution in [2.24, 2.45) is 0 Å². The number of benzene rings is 2. The fourth-order valence-corrected chi connectivity index (χ4v) is 2.95. The first-order valence-electron chi connectivity index (χ1n) is 9.88. The summed E-state index contributed by atoms with van der Waals surface area (Å²) in [5, 5.41) is 5.62. The van der Waals surface area contributed by atoms with Crippen LogP contribution in [0.2, 0.25) is 0 Å². The van der Waals surface area contributed by atoms with Crippen LogP contribution in [-0.4, -0.2) is 25.6 Å². The van der Waals surface area contributed by atoms with Crippen LogP contribution in [0.3, 0.4) is 0 Å². The van der Waals surface area contributed by atoms with Gasteiger partial charge in [-0.05, 0) is 55.3 Å². The molecule has 31 heavy (non-hydrogen) atoms. The number of carbonyl (C=O) groups excluding carboxylic acids is 1. The zero-order valence-corrected chi connectivity index (χ0v) is 17.2. The molecule has 0 bridgehead atoms. The second-order valence-corrected chi connectivity index (χ2v) is 6.84. The number of ether oxygens (including phenoxy) is 1. The average Bonchev–Trinajstić information content (AvgIpc) is 3.30. The van der Waals surface area contributed by atoms with Gasteiger partial charge in [0.05, 0.1) is 0 Å². The molecule has 2 amide bonds. The Morgan fingerprint density at radius 2 is 1.68 bits per heavy atom. The van der Waals surface area contributed by atoms with Crippen molar-refractivity contribution in [2.75, 3.05) is 10.6 Å². The van der Waals surface area contributed by atoms with Gasteiger partial charge in [0.25, 0.3) is 0 Å². The van der Waals surface area contributed by atoms with E-state index in [1.165, 1.54) is 5.56 Å². The molecule has 2 aromatic carbocycles. The van der Waals surface area contributed by atoms with E-state index in [9.17, 15) is 4.79 Å². The minimum Gasteiger partial charge on any atom is -0.439 e. The highest BCUT2D eigenvalue weighted by Gasteiger charge is 2.07. The highest BCUT2D eigenvalue weighted by atomic mass is 16.5. The Morgan fingerprint density at radius 3 is 2.29 bits per heavy atom. The Balaban J connectivity index is 1.38. The molecule has 0 aliphatic heterocycles. The summed E-state index contributed by atoms with van der Waals surface area (Å²) in [5.41, 5.74) is 2.60. The van der Waals surface area contributed by atoms with Gasteiger partial charge in [-0.2, -0.15) is 4.98 Å². The number of anilines is 2. The monoisotopic (exact) mass is 414 g/mol. The van der Waals surface area contributed by atoms with Gasteiger partial charge in [-0.3, -0.25) is 4.57 Å². The number of carbonyl (C=O) groups is 1. The van der Waals surface area contributed by atoms with Crippen molar-refractivity contribution in [3.63, 3.8) is 0 Å². The Hall–Kier alpha value is -4.20. The number of aryl methyl sites for hydroxylation is 2. The molecule has 0 aliphatic carbocycles. The van der Waals surface area contributed by atoms with Crippen LogP contribution in [0.15, 0.2) is 73.3 Å². The van der Waals surface area contributed by atoms with Crippen LogP contribution in [0.25, 0.3) is 5.82 Å². The topological polar surface area (TPSA) is 94.0 Å². The predicted octanol–water partition coefficient (Wildman–Crippen LogP) is 4.97. The van der Waals surface area contributed by atoms with Gasteiger partial charge in [-0.1, -0.05) is 19.1 Å². The summed E-state index contributed by atoms with van der Waals surface area (Å²) < 4.78 is 7.64. The number of rotatable bonds is 6. The summed E-state index contributed by atoms with van der Waals surface area (Å²) >= 11 is 0. The largest absolute Gasteiger partial charge is 0.439 e. The first-order valence-corrected chi connectivity index (χ1v) is 9.88. The van der Waals surface area contributed by atoms with Crippen LogP contribution in [-0.2, 0) is 6.42 Å². The lowest BCUT2D eigenvalue weighted by Crippen LogP contribution is -2.19. The van der Waals surface area contributed by atoms with Gasteiger partial charge in [0, 0.05) is 29.8 Å². The van der Waals surface area contributed by atoms with Crippen molar-refractivity contribution in [1.29, 1.82) is 0 Å². The SMILES string of the molecule is CCc1ccc(NC(=O)Nc2ccc(Oc3cc(-n4ccnc4)nc(C)n3)cc2)cc1. The van der Waals surface area contributed by atoms with Gasteiger partial charge < -0.3 is 15.4 Å². The van der Waals surface area contributed by atoms with Crippen LogP contribution in [0.5, 0.6) is 11.6 Å². The van der Waals surface area contributed by atoms with E-state index in [4.69, 9.17) is 4.74 Å². The molecule has 4 aromatic rings. The summed E-state index contributed by atoms with van der Waals surface area (Å²) in [6, 6.07) is 16.2. The minimum atomic E-state index is -0.311. The zero-order chi connectivity index (χ0) is 21.6. The molecule has 0 atom stereocenters. The molecule has 2 heterocycles. The van der Waals surface area contributed by atoms with Crippen molar-refractivity contribution < 1.29 is 9.53 Å². The molecular formula is C23H22N6O2. The van der Waals surface area contributed by atoms with E-state index < -0.39 is 0 Å². The Labute approximate surface area is 180 Å². The molecule has 8 heteroatoms. The molecule has 0 spiro atoms. The number of nitrogens with zero attached hydrogens (tertiary/aromatic N) is 4. The number of hydrogen-bond acceptors (Lipinski definition) is 5. The van der Waals surface area contributed by atoms with Crippen LogP contribution in [0.4, 0.5) is 16.2 Å². The van der Waals surface area contributed by atoms with E-state index >= 15 is 0 Å². The van der Waals surface area contributed by atoms with Crippen molar-refractivity contribution >= 4 is 17.4 Å². The summed E-state index contributed by atoms with van der Waals surface area (Å²) in [5.74, 6) is 2.27. The second kappa shape index (κ2) is 9.08. The van der Waals surface area contributed by atoms with E-state index in [1.54, 1.807) is 60.5 Å². The lowest BCUT2D eigenvalue weighted by atomic mass is 10.1. The maximum atomic E-state index is 12.2. The smallest absolute Gasteiger partial charge is 0.323 e. The van der Waals surface area contributed by atoms with Gasteiger partial charge >= 0.3 is 6.03 Å². The molecule has 4 rings (SSSR count). The molecule has 0 saturated heterocycles. The van der Waals surface area contributed by atoms with E-state index in [-0.39, 0.29) is 6.03 Å². The van der Waals surface area contributed by atoms with E-state index in [0.29, 0.717) is 29.0 Å². The molecule has 0 fully saturated rings. The Morgan fingerprint density at radius 1 is 1.00 bits per heavy atom. The maximum absolute atomic E-state index is 12.2. The molecule has 0 saturated carbocycles. The van der Waals surface area contributed by atoms with Gasteiger partial charge in [-0.25, -0.2) is 14.8 Å². The maximum Gasteiger partial charge on any atom is 0.323 e. The Bertz CT molecular complexity index is 1160. The van der Waals surface area contributed by atoms with Crippen LogP contribution in [0.1, 0.15) is 18.3 Å². The summed E-state index contributed by atoms with van der Waals surface area (Å²) in [7, 11) is 0. The molecule has 0 aliphatic rings. The number of hydrogen-bond donors (Lipinski definition) is 2. The summed E-state index contributed by atoms with van der Waals surface area (Å²) in [6.45, 7) is 3.89. The van der Waals surface area contributed by atoms with Gasteiger partial charge in [-0.15, -0.1) is 0 Å². The average molecular weight is 414 g/mol. The Kier molecular flexibility index (Phi) is 5.89. The summed E-state index contributed by atoms with van der Waals surface area (Å²) in [4.78, 5) is 25.0. The van der Waals surface area contributed by atoms with Gasteiger partial charge in [0.15, 0.2) is 0 Å². The van der Waals surface area contributed by atoms with Gasteiger partial charge in [0.2, 0.25) is 5.88 Å².